The maximum Gasteiger partial charge on any atom is 0.322 e. The Morgan fingerprint density at radius 1 is 1.42 bits per heavy atom. The summed E-state index contributed by atoms with van der Waals surface area (Å²) in [4.78, 5) is 33.4. The lowest BCUT2D eigenvalue weighted by Crippen LogP contribution is -2.58. The average molecular weight is 326 g/mol. The quantitative estimate of drug-likeness (QED) is 0.730. The van der Waals surface area contributed by atoms with E-state index in [1.165, 1.54) is 6.33 Å². The summed E-state index contributed by atoms with van der Waals surface area (Å²) in [6.45, 7) is 1.21. The summed E-state index contributed by atoms with van der Waals surface area (Å²) in [7, 11) is 0. The number of urea groups is 1. The van der Waals surface area contributed by atoms with E-state index >= 15 is 0 Å². The van der Waals surface area contributed by atoms with Gasteiger partial charge in [0.25, 0.3) is 5.91 Å². The fraction of sp³-hybridized carbons (Fsp3) is 0.455. The molecule has 3 heterocycles. The Morgan fingerprint density at radius 2 is 2.26 bits per heavy atom. The first kappa shape index (κ1) is 12.3. The highest BCUT2D eigenvalue weighted by Gasteiger charge is 2.49. The van der Waals surface area contributed by atoms with Crippen LogP contribution in [-0.4, -0.2) is 40.5 Å². The molecule has 2 aliphatic heterocycles. The fourth-order valence-electron chi connectivity index (χ4n) is 2.59. The van der Waals surface area contributed by atoms with Gasteiger partial charge in [-0.15, -0.1) is 0 Å². The van der Waals surface area contributed by atoms with Crippen molar-refractivity contribution in [1.29, 1.82) is 0 Å². The number of hydrogen-bond acceptors (Lipinski definition) is 5. The first-order valence-corrected chi connectivity index (χ1v) is 6.74. The molecule has 2 saturated heterocycles. The second-order valence-electron chi connectivity index (χ2n) is 4.71. The first-order valence-electron chi connectivity index (χ1n) is 5.95. The summed E-state index contributed by atoms with van der Waals surface area (Å²) in [5.74, 6) is 0.482. The SMILES string of the molecule is O=C1NC(=O)C2(CCCN(c3ncncc3Br)C2)N1. The molecular formula is C11H12BrN5O2. The van der Waals surface area contributed by atoms with Crippen molar-refractivity contribution in [3.8, 4) is 0 Å². The molecular weight excluding hydrogens is 314 g/mol. The zero-order valence-electron chi connectivity index (χ0n) is 10.0. The van der Waals surface area contributed by atoms with Crippen LogP contribution in [0.15, 0.2) is 17.0 Å². The maximum atomic E-state index is 12.0. The number of hydrogen-bond donors (Lipinski definition) is 2. The normalized spacial score (nSPS) is 26.5. The Kier molecular flexibility index (Phi) is 2.89. The Bertz CT molecular complexity index is 552. The van der Waals surface area contributed by atoms with E-state index in [0.29, 0.717) is 13.0 Å². The second-order valence-corrected chi connectivity index (χ2v) is 5.56. The monoisotopic (exact) mass is 325 g/mol. The third-order valence-corrected chi connectivity index (χ3v) is 4.01. The number of carbonyl (C=O) groups excluding carboxylic acids is 2. The number of nitrogens with zero attached hydrogens (tertiary/aromatic N) is 3. The molecule has 19 heavy (non-hydrogen) atoms. The Morgan fingerprint density at radius 3 is 2.95 bits per heavy atom. The van der Waals surface area contributed by atoms with E-state index in [2.05, 4.69) is 36.5 Å². The minimum atomic E-state index is -0.834. The van der Waals surface area contributed by atoms with E-state index in [1.54, 1.807) is 6.20 Å². The Balaban J connectivity index is 1.88. The largest absolute Gasteiger partial charge is 0.353 e. The molecule has 3 amide bonds. The number of halogens is 1. The fourth-order valence-corrected chi connectivity index (χ4v) is 3.06. The molecule has 3 rings (SSSR count). The molecule has 0 aliphatic carbocycles. The van der Waals surface area contributed by atoms with Gasteiger partial charge in [-0.1, -0.05) is 0 Å². The predicted octanol–water partition coefficient (Wildman–Crippen LogP) is 0.417. The van der Waals surface area contributed by atoms with Crippen molar-refractivity contribution < 1.29 is 9.59 Å². The van der Waals surface area contributed by atoms with E-state index in [0.717, 1.165) is 23.3 Å². The number of aromatic nitrogens is 2. The lowest BCUT2D eigenvalue weighted by atomic mass is 9.89. The zero-order valence-corrected chi connectivity index (χ0v) is 11.6. The molecule has 0 bridgehead atoms. The minimum absolute atomic E-state index is 0.257. The molecule has 1 unspecified atom stereocenters. The number of amides is 3. The van der Waals surface area contributed by atoms with Gasteiger partial charge >= 0.3 is 6.03 Å². The summed E-state index contributed by atoms with van der Waals surface area (Å²) < 4.78 is 0.775. The van der Waals surface area contributed by atoms with Crippen LogP contribution in [0.3, 0.4) is 0 Å². The maximum absolute atomic E-state index is 12.0. The second kappa shape index (κ2) is 4.44. The van der Waals surface area contributed by atoms with E-state index < -0.39 is 11.6 Å². The third-order valence-electron chi connectivity index (χ3n) is 3.45. The lowest BCUT2D eigenvalue weighted by molar-refractivity contribution is -0.124. The van der Waals surface area contributed by atoms with Crippen LogP contribution >= 0.6 is 15.9 Å². The van der Waals surface area contributed by atoms with E-state index in [4.69, 9.17) is 0 Å². The molecule has 1 spiro atoms. The lowest BCUT2D eigenvalue weighted by Gasteiger charge is -2.38. The van der Waals surface area contributed by atoms with Gasteiger partial charge in [0.15, 0.2) is 0 Å². The van der Waals surface area contributed by atoms with Crippen LogP contribution < -0.4 is 15.5 Å². The van der Waals surface area contributed by atoms with Crippen LogP contribution in [0.1, 0.15) is 12.8 Å². The van der Waals surface area contributed by atoms with Crippen LogP contribution in [0.25, 0.3) is 0 Å². The van der Waals surface area contributed by atoms with Gasteiger partial charge in [-0.25, -0.2) is 14.8 Å². The number of nitrogens with one attached hydrogen (secondary N) is 2. The van der Waals surface area contributed by atoms with E-state index in [9.17, 15) is 9.59 Å². The average Bonchev–Trinajstić information content (AvgIpc) is 2.64. The van der Waals surface area contributed by atoms with Gasteiger partial charge in [0.2, 0.25) is 0 Å². The number of imide groups is 1. The molecule has 1 aromatic heterocycles. The van der Waals surface area contributed by atoms with Gasteiger partial charge in [0, 0.05) is 12.7 Å². The molecule has 2 aliphatic rings. The number of rotatable bonds is 1. The zero-order chi connectivity index (χ0) is 13.5. The number of piperidine rings is 1. The predicted molar refractivity (Wildman–Crippen MR) is 70.6 cm³/mol. The van der Waals surface area contributed by atoms with Gasteiger partial charge in [-0.3, -0.25) is 10.1 Å². The molecule has 0 radical (unpaired) electrons. The van der Waals surface area contributed by atoms with Crippen molar-refractivity contribution in [2.45, 2.75) is 18.4 Å². The van der Waals surface area contributed by atoms with Gasteiger partial charge in [0.05, 0.1) is 11.0 Å². The van der Waals surface area contributed by atoms with Crippen LogP contribution in [0.2, 0.25) is 0 Å². The van der Waals surface area contributed by atoms with Crippen LogP contribution in [0, 0.1) is 0 Å². The van der Waals surface area contributed by atoms with Gasteiger partial charge in [0.1, 0.15) is 17.7 Å². The van der Waals surface area contributed by atoms with Crippen LogP contribution in [0.5, 0.6) is 0 Å². The van der Waals surface area contributed by atoms with E-state index in [1.807, 2.05) is 4.90 Å². The molecule has 2 fully saturated rings. The third kappa shape index (κ3) is 2.05. The van der Waals surface area contributed by atoms with Gasteiger partial charge in [-0.2, -0.15) is 0 Å². The molecule has 7 nitrogen and oxygen atoms in total. The van der Waals surface area contributed by atoms with E-state index in [-0.39, 0.29) is 5.91 Å². The Hall–Kier alpha value is -1.70. The summed E-state index contributed by atoms with van der Waals surface area (Å²) in [6, 6.07) is -0.423. The van der Waals surface area contributed by atoms with Crippen molar-refractivity contribution >= 4 is 33.7 Å². The smallest absolute Gasteiger partial charge is 0.322 e. The summed E-state index contributed by atoms with van der Waals surface area (Å²) in [5.41, 5.74) is -0.834. The van der Waals surface area contributed by atoms with Crippen LogP contribution in [-0.2, 0) is 4.79 Å². The van der Waals surface area contributed by atoms with Gasteiger partial charge in [-0.05, 0) is 28.8 Å². The van der Waals surface area contributed by atoms with Crippen molar-refractivity contribution in [2.24, 2.45) is 0 Å². The summed E-state index contributed by atoms with van der Waals surface area (Å²) in [6.07, 6.45) is 4.58. The molecule has 100 valence electrons. The molecule has 1 aromatic rings. The highest BCUT2D eigenvalue weighted by Crippen LogP contribution is 2.30. The molecule has 0 saturated carbocycles. The Labute approximate surface area is 117 Å². The highest BCUT2D eigenvalue weighted by atomic mass is 79.9. The van der Waals surface area contributed by atoms with Gasteiger partial charge < -0.3 is 10.2 Å². The summed E-state index contributed by atoms with van der Waals surface area (Å²) >= 11 is 3.40. The highest BCUT2D eigenvalue weighted by molar-refractivity contribution is 9.10. The molecule has 0 aromatic carbocycles. The minimum Gasteiger partial charge on any atom is -0.353 e. The van der Waals surface area contributed by atoms with Crippen LogP contribution in [0.4, 0.5) is 10.6 Å². The van der Waals surface area contributed by atoms with Crippen molar-refractivity contribution in [1.82, 2.24) is 20.6 Å². The molecule has 8 heteroatoms. The van der Waals surface area contributed by atoms with Crippen molar-refractivity contribution in [2.75, 3.05) is 18.0 Å². The van der Waals surface area contributed by atoms with Crippen molar-refractivity contribution in [3.05, 3.63) is 17.0 Å². The molecule has 2 N–H and O–H groups in total. The number of carbonyl (C=O) groups is 2. The standard InChI is InChI=1S/C11H12BrN5O2/c12-7-4-13-6-14-8(7)17-3-1-2-11(5-17)9(18)15-10(19)16-11/h4,6H,1-3,5H2,(H2,15,16,18,19). The topological polar surface area (TPSA) is 87.2 Å². The van der Waals surface area contributed by atoms with Crippen molar-refractivity contribution in [3.63, 3.8) is 0 Å². The molecule has 1 atom stereocenters. The number of anilines is 1. The summed E-state index contributed by atoms with van der Waals surface area (Å²) in [5, 5.41) is 5.04. The first-order chi connectivity index (χ1) is 9.11.